The molecule has 0 bridgehead atoms. The summed E-state index contributed by atoms with van der Waals surface area (Å²) in [7, 11) is 1.53. The lowest BCUT2D eigenvalue weighted by atomic mass is 10.1. The first kappa shape index (κ1) is 19.4. The van der Waals surface area contributed by atoms with E-state index in [0.717, 1.165) is 29.9 Å². The molecule has 0 spiro atoms. The van der Waals surface area contributed by atoms with Crippen LogP contribution in [0.15, 0.2) is 18.2 Å². The second kappa shape index (κ2) is 8.14. The number of hydrogen-bond donors (Lipinski definition) is 2. The van der Waals surface area contributed by atoms with Crippen LogP contribution in [0.3, 0.4) is 0 Å². The number of piperazine rings is 1. The monoisotopic (exact) mass is 395 g/mol. The minimum atomic E-state index is -0.323. The number of hydrogen-bond acceptors (Lipinski definition) is 5. The van der Waals surface area contributed by atoms with Gasteiger partial charge in [0.1, 0.15) is 11.6 Å². The van der Waals surface area contributed by atoms with Crippen molar-refractivity contribution in [1.29, 1.82) is 0 Å². The average molecular weight is 396 g/mol. The summed E-state index contributed by atoms with van der Waals surface area (Å²) in [6.45, 7) is 4.10. The number of H-pyrrole nitrogens is 1. The molecule has 2 aromatic rings. The van der Waals surface area contributed by atoms with E-state index in [-0.39, 0.29) is 24.1 Å². The van der Waals surface area contributed by atoms with E-state index in [9.17, 15) is 9.18 Å². The Kier molecular flexibility index (Phi) is 5.86. The Balaban J connectivity index is 0.00000210. The Hall–Kier alpha value is -2.32. The number of fused-ring (bicyclic) bond motifs is 1. The van der Waals surface area contributed by atoms with E-state index >= 15 is 0 Å². The minimum Gasteiger partial charge on any atom is -0.494 e. The molecule has 27 heavy (non-hydrogen) atoms. The van der Waals surface area contributed by atoms with Gasteiger partial charge in [0.25, 0.3) is 5.91 Å². The fraction of sp³-hybridized carbons (Fsp3) is 0.444. The Labute approximate surface area is 163 Å². The fourth-order valence-electron chi connectivity index (χ4n) is 3.62. The van der Waals surface area contributed by atoms with Gasteiger partial charge in [-0.25, -0.2) is 4.39 Å². The van der Waals surface area contributed by atoms with Crippen LogP contribution in [0.4, 0.5) is 10.1 Å². The third-order valence-electron chi connectivity index (χ3n) is 5.06. The van der Waals surface area contributed by atoms with Crippen LogP contribution in [0.2, 0.25) is 0 Å². The van der Waals surface area contributed by atoms with E-state index in [2.05, 4.69) is 20.4 Å². The highest BCUT2D eigenvalue weighted by molar-refractivity contribution is 5.94. The minimum absolute atomic E-state index is 0. The maximum atomic E-state index is 13.4. The Morgan fingerprint density at radius 1 is 1.26 bits per heavy atom. The van der Waals surface area contributed by atoms with Gasteiger partial charge in [-0.3, -0.25) is 9.89 Å². The summed E-state index contributed by atoms with van der Waals surface area (Å²) < 4.78 is 18.7. The number of amides is 1. The second-order valence-corrected chi connectivity index (χ2v) is 6.55. The fourth-order valence-corrected chi connectivity index (χ4v) is 3.62. The average Bonchev–Trinajstić information content (AvgIpc) is 3.11. The van der Waals surface area contributed by atoms with Crippen molar-refractivity contribution in [1.82, 2.24) is 20.4 Å². The van der Waals surface area contributed by atoms with Crippen LogP contribution in [0.1, 0.15) is 21.7 Å². The van der Waals surface area contributed by atoms with Crippen LogP contribution < -0.4 is 15.0 Å². The smallest absolute Gasteiger partial charge is 0.274 e. The van der Waals surface area contributed by atoms with Crippen molar-refractivity contribution in [3.05, 3.63) is 41.0 Å². The zero-order chi connectivity index (χ0) is 18.1. The lowest BCUT2D eigenvalue weighted by Gasteiger charge is -2.36. The summed E-state index contributed by atoms with van der Waals surface area (Å²) >= 11 is 0. The summed E-state index contributed by atoms with van der Waals surface area (Å²) in [5.41, 5.74) is 3.42. The number of aromatic nitrogens is 2. The first-order chi connectivity index (χ1) is 12.7. The molecule has 9 heteroatoms. The maximum Gasteiger partial charge on any atom is 0.274 e. The molecule has 1 saturated heterocycles. The second-order valence-electron chi connectivity index (χ2n) is 6.55. The number of nitrogens with zero attached hydrogens (tertiary/aromatic N) is 3. The molecule has 0 radical (unpaired) electrons. The van der Waals surface area contributed by atoms with Gasteiger partial charge < -0.3 is 19.9 Å². The van der Waals surface area contributed by atoms with Gasteiger partial charge in [0, 0.05) is 63.0 Å². The molecule has 146 valence electrons. The van der Waals surface area contributed by atoms with Gasteiger partial charge in [0.2, 0.25) is 0 Å². The van der Waals surface area contributed by atoms with Crippen molar-refractivity contribution < 1.29 is 13.9 Å². The highest BCUT2D eigenvalue weighted by Gasteiger charge is 2.28. The lowest BCUT2D eigenvalue weighted by molar-refractivity contribution is 0.0739. The van der Waals surface area contributed by atoms with Gasteiger partial charge in [-0.15, -0.1) is 12.4 Å². The number of carbonyl (C=O) groups excluding carboxylic acids is 1. The van der Waals surface area contributed by atoms with Gasteiger partial charge in [0.15, 0.2) is 5.69 Å². The van der Waals surface area contributed by atoms with Gasteiger partial charge >= 0.3 is 0 Å². The summed E-state index contributed by atoms with van der Waals surface area (Å²) in [4.78, 5) is 16.8. The molecule has 0 aliphatic carbocycles. The van der Waals surface area contributed by atoms with Crippen molar-refractivity contribution in [2.75, 3.05) is 44.7 Å². The lowest BCUT2D eigenvalue weighted by Crippen LogP contribution is -2.49. The van der Waals surface area contributed by atoms with Crippen LogP contribution in [0.5, 0.6) is 5.75 Å². The van der Waals surface area contributed by atoms with Gasteiger partial charge in [-0.2, -0.15) is 5.10 Å². The molecule has 1 aromatic heterocycles. The number of nitrogens with one attached hydrogen (secondary N) is 2. The zero-order valence-corrected chi connectivity index (χ0v) is 15.9. The molecule has 1 aromatic carbocycles. The number of methoxy groups -OCH3 is 1. The third-order valence-corrected chi connectivity index (χ3v) is 5.06. The summed E-state index contributed by atoms with van der Waals surface area (Å²) in [5.74, 6) is 0.158. The molecular weight excluding hydrogens is 373 g/mol. The number of aromatic amines is 1. The summed E-state index contributed by atoms with van der Waals surface area (Å²) in [5, 5.41) is 10.5. The van der Waals surface area contributed by atoms with Crippen molar-refractivity contribution in [3.8, 4) is 5.75 Å². The molecule has 3 heterocycles. The first-order valence-corrected chi connectivity index (χ1v) is 8.82. The summed E-state index contributed by atoms with van der Waals surface area (Å²) in [6, 6.07) is 4.54. The third kappa shape index (κ3) is 3.72. The standard InChI is InChI=1S/C18H22FN5O2.ClH/c1-26-16-10-12(19)2-3-15(16)23-6-8-24(9-7-23)18(25)17-13-11-20-5-4-14(13)21-22-17;/h2-3,10,20H,4-9,11H2,1H3,(H,21,22);1H. The Morgan fingerprint density at radius 3 is 2.78 bits per heavy atom. The molecule has 0 saturated carbocycles. The van der Waals surface area contributed by atoms with E-state index < -0.39 is 0 Å². The number of rotatable bonds is 3. The first-order valence-electron chi connectivity index (χ1n) is 8.82. The van der Waals surface area contributed by atoms with Crippen molar-refractivity contribution in [2.45, 2.75) is 13.0 Å². The van der Waals surface area contributed by atoms with Crippen LogP contribution in [0.25, 0.3) is 0 Å². The van der Waals surface area contributed by atoms with Gasteiger partial charge in [0.05, 0.1) is 12.8 Å². The van der Waals surface area contributed by atoms with Crippen LogP contribution in [-0.2, 0) is 13.0 Å². The van der Waals surface area contributed by atoms with E-state index in [1.807, 2.05) is 4.90 Å². The molecule has 4 rings (SSSR count). The zero-order valence-electron chi connectivity index (χ0n) is 15.1. The van der Waals surface area contributed by atoms with Crippen LogP contribution >= 0.6 is 12.4 Å². The predicted molar refractivity (Wildman–Crippen MR) is 102 cm³/mol. The Bertz CT molecular complexity index is 820. The van der Waals surface area contributed by atoms with E-state index in [1.54, 1.807) is 6.07 Å². The maximum absolute atomic E-state index is 13.4. The number of carbonyl (C=O) groups is 1. The molecule has 1 amide bonds. The number of halogens is 2. The number of anilines is 1. The highest BCUT2D eigenvalue weighted by Crippen LogP contribution is 2.30. The SMILES string of the molecule is COc1cc(F)ccc1N1CCN(C(=O)c2n[nH]c3c2CNCC3)CC1.Cl. The van der Waals surface area contributed by atoms with E-state index in [0.29, 0.717) is 44.2 Å². The normalized spacial score (nSPS) is 16.5. The quantitative estimate of drug-likeness (QED) is 0.825. The molecule has 2 aliphatic rings. The number of benzene rings is 1. The Morgan fingerprint density at radius 2 is 2.04 bits per heavy atom. The van der Waals surface area contributed by atoms with Gasteiger partial charge in [-0.05, 0) is 12.1 Å². The molecule has 2 N–H and O–H groups in total. The van der Waals surface area contributed by atoms with E-state index in [1.165, 1.54) is 19.2 Å². The number of ether oxygens (including phenoxy) is 1. The predicted octanol–water partition coefficient (Wildman–Crippen LogP) is 1.59. The van der Waals surface area contributed by atoms with Crippen LogP contribution in [0, 0.1) is 5.82 Å². The topological polar surface area (TPSA) is 73.5 Å². The van der Waals surface area contributed by atoms with Gasteiger partial charge in [-0.1, -0.05) is 0 Å². The van der Waals surface area contributed by atoms with Crippen LogP contribution in [-0.4, -0.2) is 60.8 Å². The molecular formula is C18H23ClFN5O2. The van der Waals surface area contributed by atoms with Crippen molar-refractivity contribution >= 4 is 24.0 Å². The molecule has 0 atom stereocenters. The highest BCUT2D eigenvalue weighted by atomic mass is 35.5. The molecule has 7 nitrogen and oxygen atoms in total. The van der Waals surface area contributed by atoms with Crippen molar-refractivity contribution in [3.63, 3.8) is 0 Å². The van der Waals surface area contributed by atoms with E-state index in [4.69, 9.17) is 4.74 Å². The van der Waals surface area contributed by atoms with Crippen molar-refractivity contribution in [2.24, 2.45) is 0 Å². The molecule has 0 unspecified atom stereocenters. The summed E-state index contributed by atoms with van der Waals surface area (Å²) in [6.07, 6.45) is 0.869. The molecule has 1 fully saturated rings. The largest absolute Gasteiger partial charge is 0.494 e. The molecule has 2 aliphatic heterocycles.